The lowest BCUT2D eigenvalue weighted by Gasteiger charge is -2.20. The molecule has 30 heavy (non-hydrogen) atoms. The summed E-state index contributed by atoms with van der Waals surface area (Å²) in [5.74, 6) is 3.36. The largest absolute Gasteiger partial charge is 0.465 e. The molecule has 0 spiro atoms. The van der Waals surface area contributed by atoms with Crippen LogP contribution in [0.1, 0.15) is 27.8 Å². The first-order chi connectivity index (χ1) is 14.5. The Morgan fingerprint density at radius 1 is 1.07 bits per heavy atom. The maximum atomic E-state index is 14.1. The lowest BCUT2D eigenvalue weighted by Crippen LogP contribution is -2.20. The van der Waals surface area contributed by atoms with Crippen molar-refractivity contribution in [1.29, 1.82) is 0 Å². The van der Waals surface area contributed by atoms with Gasteiger partial charge in [-0.05, 0) is 36.2 Å². The van der Waals surface area contributed by atoms with Gasteiger partial charge >= 0.3 is 5.97 Å². The maximum Gasteiger partial charge on any atom is 0.340 e. The molecule has 7 heteroatoms. The fourth-order valence-corrected chi connectivity index (χ4v) is 5.31. The summed E-state index contributed by atoms with van der Waals surface area (Å²) in [5.41, 5.74) is 1.09. The standard InChI is InChI=1S/C23H20N2O4S/c1-29-23(27)20-17-12-6-7-14-19(17)25(30(2,28)16-10-4-3-5-11-16)21(20)22(26)18-13-8-9-15-24-18/h3-15,22,26H,2H2,1H3. The van der Waals surface area contributed by atoms with Crippen molar-refractivity contribution in [1.82, 2.24) is 8.96 Å². The molecule has 6 nitrogen and oxygen atoms in total. The van der Waals surface area contributed by atoms with Gasteiger partial charge in [-0.3, -0.25) is 8.96 Å². The highest BCUT2D eigenvalue weighted by molar-refractivity contribution is 7.99. The molecule has 2 atom stereocenters. The Morgan fingerprint density at radius 3 is 2.40 bits per heavy atom. The fraction of sp³-hybridized carbons (Fsp3) is 0.0870. The molecular formula is C23H20N2O4S. The first-order valence-electron chi connectivity index (χ1n) is 9.20. The first kappa shape index (κ1) is 19.9. The number of benzene rings is 2. The number of ether oxygens (including phenoxy) is 1. The van der Waals surface area contributed by atoms with Gasteiger partial charge in [-0.15, -0.1) is 0 Å². The number of methoxy groups -OCH3 is 1. The smallest absolute Gasteiger partial charge is 0.340 e. The molecular weight excluding hydrogens is 400 g/mol. The van der Waals surface area contributed by atoms with Gasteiger partial charge in [0.2, 0.25) is 0 Å². The Hall–Kier alpha value is -3.42. The van der Waals surface area contributed by atoms with Gasteiger partial charge in [-0.25, -0.2) is 9.00 Å². The molecule has 0 radical (unpaired) electrons. The van der Waals surface area contributed by atoms with Crippen molar-refractivity contribution in [3.8, 4) is 0 Å². The van der Waals surface area contributed by atoms with Crippen molar-refractivity contribution in [3.63, 3.8) is 0 Å². The van der Waals surface area contributed by atoms with E-state index >= 15 is 0 Å². The minimum Gasteiger partial charge on any atom is -0.465 e. The Balaban J connectivity index is 2.13. The highest BCUT2D eigenvalue weighted by atomic mass is 32.2. The predicted molar refractivity (Wildman–Crippen MR) is 117 cm³/mol. The van der Waals surface area contributed by atoms with Crippen LogP contribution >= 0.6 is 0 Å². The molecule has 2 aromatic heterocycles. The maximum absolute atomic E-state index is 14.1. The molecule has 0 aliphatic heterocycles. The lowest BCUT2D eigenvalue weighted by atomic mass is 10.1. The molecule has 0 saturated heterocycles. The second-order valence-electron chi connectivity index (χ2n) is 6.67. The molecule has 0 saturated carbocycles. The summed E-state index contributed by atoms with van der Waals surface area (Å²) in [5, 5.41) is 11.8. The molecule has 1 N–H and O–H groups in total. The number of aromatic nitrogens is 2. The molecule has 0 fully saturated rings. The number of carbonyl (C=O) groups is 1. The van der Waals surface area contributed by atoms with Crippen LogP contribution in [0.25, 0.3) is 10.9 Å². The second kappa shape index (κ2) is 7.78. The molecule has 0 aliphatic carbocycles. The molecule has 0 bridgehead atoms. The first-order valence-corrected chi connectivity index (χ1v) is 10.9. The minimum absolute atomic E-state index is 0.130. The molecule has 4 rings (SSSR count). The third kappa shape index (κ3) is 3.18. The van der Waals surface area contributed by atoms with Crippen LogP contribution in [0.2, 0.25) is 0 Å². The van der Waals surface area contributed by atoms with Crippen molar-refractivity contribution in [2.75, 3.05) is 7.11 Å². The van der Waals surface area contributed by atoms with E-state index in [1.165, 1.54) is 11.1 Å². The van der Waals surface area contributed by atoms with E-state index in [0.717, 1.165) is 0 Å². The number of nitrogens with zero attached hydrogens (tertiary/aromatic N) is 2. The van der Waals surface area contributed by atoms with E-state index in [1.807, 2.05) is 6.07 Å². The average molecular weight is 420 g/mol. The van der Waals surface area contributed by atoms with Gasteiger partial charge in [0.1, 0.15) is 6.10 Å². The third-order valence-electron chi connectivity index (χ3n) is 4.89. The van der Waals surface area contributed by atoms with Crippen LogP contribution < -0.4 is 0 Å². The number of esters is 1. The van der Waals surface area contributed by atoms with Crippen molar-refractivity contribution >= 4 is 32.5 Å². The number of aliphatic hydroxyl groups is 1. The van der Waals surface area contributed by atoms with Crippen molar-refractivity contribution in [2.24, 2.45) is 0 Å². The Morgan fingerprint density at radius 2 is 1.73 bits per heavy atom. The SMILES string of the molecule is C=S(=O)(c1ccccc1)n1c(C(O)c2ccccn2)c(C(=O)OC)c2ccccc21. The number of pyridine rings is 1. The van der Waals surface area contributed by atoms with E-state index in [1.54, 1.807) is 72.9 Å². The van der Waals surface area contributed by atoms with E-state index in [9.17, 15) is 14.1 Å². The van der Waals surface area contributed by atoms with Gasteiger partial charge in [0.15, 0.2) is 0 Å². The number of rotatable bonds is 5. The summed E-state index contributed by atoms with van der Waals surface area (Å²) in [4.78, 5) is 17.5. The number of carbonyl (C=O) groups excluding carboxylic acids is 1. The van der Waals surface area contributed by atoms with Crippen molar-refractivity contribution in [3.05, 3.63) is 95.9 Å². The Bertz CT molecular complexity index is 1310. The van der Waals surface area contributed by atoms with Gasteiger partial charge in [0.05, 0.1) is 39.3 Å². The van der Waals surface area contributed by atoms with E-state index in [2.05, 4.69) is 10.9 Å². The number of para-hydroxylation sites is 1. The molecule has 4 aromatic rings. The summed E-state index contributed by atoms with van der Waals surface area (Å²) in [6, 6.07) is 20.9. The van der Waals surface area contributed by atoms with Gasteiger partial charge in [0.25, 0.3) is 0 Å². The van der Waals surface area contributed by atoms with Crippen molar-refractivity contribution in [2.45, 2.75) is 11.0 Å². The topological polar surface area (TPSA) is 81.4 Å². The molecule has 2 heterocycles. The summed E-state index contributed by atoms with van der Waals surface area (Å²) < 4.78 is 20.5. The zero-order valence-corrected chi connectivity index (χ0v) is 17.1. The quantitative estimate of drug-likeness (QED) is 0.395. The Labute approximate surface area is 174 Å². The van der Waals surface area contributed by atoms with E-state index in [0.29, 0.717) is 21.5 Å². The molecule has 0 amide bonds. The van der Waals surface area contributed by atoms with E-state index in [4.69, 9.17) is 4.74 Å². The molecule has 152 valence electrons. The summed E-state index contributed by atoms with van der Waals surface area (Å²) in [6.07, 6.45) is 0.223. The predicted octanol–water partition coefficient (Wildman–Crippen LogP) is 3.44. The molecule has 2 aromatic carbocycles. The van der Waals surface area contributed by atoms with Gasteiger partial charge in [-0.2, -0.15) is 0 Å². The van der Waals surface area contributed by atoms with Crippen LogP contribution in [0.3, 0.4) is 0 Å². The van der Waals surface area contributed by atoms with Crippen LogP contribution in [-0.4, -0.2) is 37.2 Å². The highest BCUT2D eigenvalue weighted by Gasteiger charge is 2.32. The number of aliphatic hydroxyl groups excluding tert-OH is 1. The number of hydrogen-bond donors (Lipinski definition) is 1. The van der Waals surface area contributed by atoms with E-state index in [-0.39, 0.29) is 11.3 Å². The van der Waals surface area contributed by atoms with Gasteiger partial charge in [0, 0.05) is 16.5 Å². The normalized spacial score (nSPS) is 14.2. The summed E-state index contributed by atoms with van der Waals surface area (Å²) >= 11 is 0. The van der Waals surface area contributed by atoms with Crippen LogP contribution in [0.15, 0.2) is 83.9 Å². The fourth-order valence-electron chi connectivity index (χ4n) is 3.53. The van der Waals surface area contributed by atoms with Crippen molar-refractivity contribution < 1.29 is 18.8 Å². The second-order valence-corrected chi connectivity index (χ2v) is 8.79. The zero-order valence-electron chi connectivity index (χ0n) is 16.3. The summed E-state index contributed by atoms with van der Waals surface area (Å²) in [6.45, 7) is 0. The number of hydrogen-bond acceptors (Lipinski definition) is 5. The van der Waals surface area contributed by atoms with E-state index < -0.39 is 21.8 Å². The average Bonchev–Trinajstić information content (AvgIpc) is 3.15. The van der Waals surface area contributed by atoms with Gasteiger partial charge in [-0.1, -0.05) is 42.5 Å². The number of fused-ring (bicyclic) bond motifs is 1. The summed E-state index contributed by atoms with van der Waals surface area (Å²) in [7, 11) is -1.88. The van der Waals surface area contributed by atoms with Gasteiger partial charge < -0.3 is 9.84 Å². The molecule has 2 unspecified atom stereocenters. The lowest BCUT2D eigenvalue weighted by molar-refractivity contribution is 0.0597. The monoisotopic (exact) mass is 420 g/mol. The minimum atomic E-state index is -3.15. The zero-order chi connectivity index (χ0) is 21.3. The molecule has 0 aliphatic rings. The Kier molecular flexibility index (Phi) is 5.15. The van der Waals surface area contributed by atoms with Crippen LogP contribution in [0.5, 0.6) is 0 Å². The van der Waals surface area contributed by atoms with Crippen LogP contribution in [-0.2, 0) is 14.4 Å². The van der Waals surface area contributed by atoms with Crippen LogP contribution in [0, 0.1) is 0 Å². The van der Waals surface area contributed by atoms with Crippen LogP contribution in [0.4, 0.5) is 0 Å². The third-order valence-corrected chi connectivity index (χ3v) is 6.88. The highest BCUT2D eigenvalue weighted by Crippen LogP contribution is 2.36.